The molecular weight excluding hydrogens is 306 g/mol. The topological polar surface area (TPSA) is 99.2 Å². The molecule has 112 valence electrons. The molecule has 2 aromatic carbocycles. The lowest BCUT2D eigenvalue weighted by atomic mass is 10.1. The number of aliphatic hydroxyl groups excluding tert-OH is 1. The van der Waals surface area contributed by atoms with E-state index in [1.165, 1.54) is 18.2 Å². The first-order chi connectivity index (χ1) is 10.5. The maximum absolute atomic E-state index is 10.8. The summed E-state index contributed by atoms with van der Waals surface area (Å²) in [6.07, 6.45) is -0.838. The van der Waals surface area contributed by atoms with Gasteiger partial charge in [-0.15, -0.1) is 0 Å². The van der Waals surface area contributed by atoms with Crippen molar-refractivity contribution in [3.05, 3.63) is 68.7 Å². The minimum atomic E-state index is -0.838. The maximum Gasteiger partial charge on any atom is 0.287 e. The van der Waals surface area contributed by atoms with Crippen LogP contribution >= 0.6 is 11.6 Å². The summed E-state index contributed by atoms with van der Waals surface area (Å²) in [6, 6.07) is 12.8. The number of nitro groups is 1. The van der Waals surface area contributed by atoms with Crippen molar-refractivity contribution in [1.29, 1.82) is 5.26 Å². The van der Waals surface area contributed by atoms with E-state index in [1.54, 1.807) is 30.3 Å². The second-order valence-corrected chi connectivity index (χ2v) is 4.93. The first-order valence-corrected chi connectivity index (χ1v) is 6.75. The Morgan fingerprint density at radius 1 is 1.36 bits per heavy atom. The van der Waals surface area contributed by atoms with Crippen LogP contribution < -0.4 is 5.32 Å². The zero-order valence-electron chi connectivity index (χ0n) is 11.4. The molecule has 0 saturated heterocycles. The van der Waals surface area contributed by atoms with Crippen molar-refractivity contribution in [2.75, 3.05) is 11.9 Å². The summed E-state index contributed by atoms with van der Waals surface area (Å²) in [5, 5.41) is 33.2. The molecule has 0 aliphatic carbocycles. The lowest BCUT2D eigenvalue weighted by molar-refractivity contribution is -0.385. The molecule has 2 rings (SSSR count). The summed E-state index contributed by atoms with van der Waals surface area (Å²) in [4.78, 5) is 10.1. The standard InChI is InChI=1S/C15H12ClN3O3/c16-13-4-2-1-3-12(13)15(20)9-18-11-5-6-14(19(21)22)10(7-11)8-17/h1-7,15,18,20H,9H2/t15-/m1/s1. The molecule has 0 aromatic heterocycles. The van der Waals surface area contributed by atoms with Gasteiger partial charge in [-0.1, -0.05) is 29.8 Å². The number of nitro benzene ring substituents is 1. The molecule has 22 heavy (non-hydrogen) atoms. The molecule has 0 bridgehead atoms. The average molecular weight is 318 g/mol. The molecular formula is C15H12ClN3O3. The first-order valence-electron chi connectivity index (χ1n) is 6.38. The molecule has 1 atom stereocenters. The predicted molar refractivity (Wildman–Crippen MR) is 82.7 cm³/mol. The monoisotopic (exact) mass is 317 g/mol. The number of nitriles is 1. The summed E-state index contributed by atoms with van der Waals surface area (Å²) < 4.78 is 0. The molecule has 0 saturated carbocycles. The Morgan fingerprint density at radius 3 is 2.73 bits per heavy atom. The van der Waals surface area contributed by atoms with Crippen molar-refractivity contribution in [2.24, 2.45) is 0 Å². The normalized spacial score (nSPS) is 11.5. The van der Waals surface area contributed by atoms with Crippen LogP contribution in [0.1, 0.15) is 17.2 Å². The number of aliphatic hydroxyl groups is 1. The lowest BCUT2D eigenvalue weighted by Gasteiger charge is -2.14. The minimum absolute atomic E-state index is 0.0396. The van der Waals surface area contributed by atoms with Crippen molar-refractivity contribution in [1.82, 2.24) is 0 Å². The van der Waals surface area contributed by atoms with E-state index < -0.39 is 11.0 Å². The fourth-order valence-electron chi connectivity index (χ4n) is 1.96. The highest BCUT2D eigenvalue weighted by Gasteiger charge is 2.15. The van der Waals surface area contributed by atoms with Gasteiger partial charge in [0.2, 0.25) is 0 Å². The zero-order valence-corrected chi connectivity index (χ0v) is 12.1. The van der Waals surface area contributed by atoms with Crippen LogP contribution in [0.15, 0.2) is 42.5 Å². The van der Waals surface area contributed by atoms with E-state index in [0.717, 1.165) is 0 Å². The van der Waals surface area contributed by atoms with Crippen molar-refractivity contribution in [2.45, 2.75) is 6.10 Å². The second-order valence-electron chi connectivity index (χ2n) is 4.52. The fourth-order valence-corrected chi connectivity index (χ4v) is 2.23. The van der Waals surface area contributed by atoms with E-state index in [4.69, 9.17) is 16.9 Å². The number of hydrogen-bond donors (Lipinski definition) is 2. The van der Waals surface area contributed by atoms with Gasteiger partial charge in [-0.25, -0.2) is 0 Å². The Bertz CT molecular complexity index is 743. The summed E-state index contributed by atoms with van der Waals surface area (Å²) in [7, 11) is 0. The summed E-state index contributed by atoms with van der Waals surface area (Å²) in [5.74, 6) is 0. The van der Waals surface area contributed by atoms with E-state index >= 15 is 0 Å². The SMILES string of the molecule is N#Cc1cc(NC[C@@H](O)c2ccccc2Cl)ccc1[N+](=O)[O-]. The largest absolute Gasteiger partial charge is 0.387 e. The van der Waals surface area contributed by atoms with Crippen LogP contribution in [-0.2, 0) is 0 Å². The fraction of sp³-hybridized carbons (Fsp3) is 0.133. The molecule has 0 radical (unpaired) electrons. The quantitative estimate of drug-likeness (QED) is 0.651. The van der Waals surface area contributed by atoms with Gasteiger partial charge in [0, 0.05) is 28.9 Å². The van der Waals surface area contributed by atoms with Crippen LogP contribution in [0.3, 0.4) is 0 Å². The van der Waals surface area contributed by atoms with E-state index in [1.807, 2.05) is 0 Å². The highest BCUT2D eigenvalue weighted by Crippen LogP contribution is 2.25. The first kappa shape index (κ1) is 15.8. The van der Waals surface area contributed by atoms with Crippen molar-refractivity contribution < 1.29 is 10.0 Å². The van der Waals surface area contributed by atoms with E-state index in [9.17, 15) is 15.2 Å². The number of halogens is 1. The second kappa shape index (κ2) is 6.89. The summed E-state index contributed by atoms with van der Waals surface area (Å²) in [5.41, 5.74) is 0.800. The number of benzene rings is 2. The van der Waals surface area contributed by atoms with Crippen molar-refractivity contribution in [3.63, 3.8) is 0 Å². The molecule has 0 spiro atoms. The summed E-state index contributed by atoms with van der Waals surface area (Å²) in [6.45, 7) is 0.159. The molecule has 2 N–H and O–H groups in total. The van der Waals surface area contributed by atoms with Crippen LogP contribution in [0.2, 0.25) is 5.02 Å². The highest BCUT2D eigenvalue weighted by molar-refractivity contribution is 6.31. The van der Waals surface area contributed by atoms with Gasteiger partial charge in [0.25, 0.3) is 5.69 Å². The lowest BCUT2D eigenvalue weighted by Crippen LogP contribution is -2.12. The van der Waals surface area contributed by atoms with Gasteiger partial charge in [0.05, 0.1) is 11.0 Å². The molecule has 6 nitrogen and oxygen atoms in total. The van der Waals surface area contributed by atoms with Gasteiger partial charge in [-0.05, 0) is 18.2 Å². The predicted octanol–water partition coefficient (Wildman–Crippen LogP) is 3.27. The van der Waals surface area contributed by atoms with Gasteiger partial charge in [0.1, 0.15) is 11.6 Å². The Labute approximate surface area is 131 Å². The molecule has 2 aromatic rings. The Balaban J connectivity index is 2.11. The van der Waals surface area contributed by atoms with E-state index in [0.29, 0.717) is 16.3 Å². The van der Waals surface area contributed by atoms with Crippen LogP contribution in [0.4, 0.5) is 11.4 Å². The Hall–Kier alpha value is -2.62. The third-order valence-corrected chi connectivity index (χ3v) is 3.42. The number of nitrogens with one attached hydrogen (secondary N) is 1. The van der Waals surface area contributed by atoms with Gasteiger partial charge >= 0.3 is 0 Å². The average Bonchev–Trinajstić information content (AvgIpc) is 2.52. The third kappa shape index (κ3) is 3.52. The molecule has 0 unspecified atom stereocenters. The summed E-state index contributed by atoms with van der Waals surface area (Å²) >= 11 is 6.00. The third-order valence-electron chi connectivity index (χ3n) is 3.08. The minimum Gasteiger partial charge on any atom is -0.387 e. The van der Waals surface area contributed by atoms with E-state index in [-0.39, 0.29) is 17.8 Å². The van der Waals surface area contributed by atoms with Crippen LogP contribution in [0.25, 0.3) is 0 Å². The van der Waals surface area contributed by atoms with Crippen LogP contribution in [0, 0.1) is 21.4 Å². The zero-order chi connectivity index (χ0) is 16.1. The van der Waals surface area contributed by atoms with Crippen molar-refractivity contribution >= 4 is 23.0 Å². The van der Waals surface area contributed by atoms with Gasteiger partial charge in [0.15, 0.2) is 0 Å². The van der Waals surface area contributed by atoms with Gasteiger partial charge in [-0.3, -0.25) is 10.1 Å². The van der Waals surface area contributed by atoms with Crippen LogP contribution in [0.5, 0.6) is 0 Å². The Morgan fingerprint density at radius 2 is 2.09 bits per heavy atom. The molecule has 0 aliphatic rings. The number of nitrogens with zero attached hydrogens (tertiary/aromatic N) is 2. The number of rotatable bonds is 5. The Kier molecular flexibility index (Phi) is 4.94. The molecule has 7 heteroatoms. The molecule has 0 amide bonds. The molecule has 0 fully saturated rings. The smallest absolute Gasteiger partial charge is 0.287 e. The molecule has 0 aliphatic heterocycles. The van der Waals surface area contributed by atoms with Gasteiger partial charge < -0.3 is 10.4 Å². The highest BCUT2D eigenvalue weighted by atomic mass is 35.5. The van der Waals surface area contributed by atoms with Gasteiger partial charge in [-0.2, -0.15) is 5.26 Å². The van der Waals surface area contributed by atoms with E-state index in [2.05, 4.69) is 5.32 Å². The number of hydrogen-bond acceptors (Lipinski definition) is 5. The van der Waals surface area contributed by atoms with Crippen molar-refractivity contribution in [3.8, 4) is 6.07 Å². The van der Waals surface area contributed by atoms with Crippen LogP contribution in [-0.4, -0.2) is 16.6 Å². The number of anilines is 1. The maximum atomic E-state index is 10.8. The molecule has 0 heterocycles.